The Hall–Kier alpha value is -2.19. The van der Waals surface area contributed by atoms with E-state index >= 15 is 0 Å². The average molecular weight is 313 g/mol. The first-order chi connectivity index (χ1) is 10.5. The molecule has 0 aliphatic heterocycles. The van der Waals surface area contributed by atoms with E-state index in [-0.39, 0.29) is 18.4 Å². The largest absolute Gasteiger partial charge is 0.342 e. The number of carbonyl (C=O) groups is 1. The predicted molar refractivity (Wildman–Crippen MR) is 88.5 cm³/mol. The van der Waals surface area contributed by atoms with E-state index in [0.717, 1.165) is 16.3 Å². The zero-order chi connectivity index (χ0) is 16.1. The molecule has 0 N–H and O–H groups in total. The second kappa shape index (κ2) is 7.19. The van der Waals surface area contributed by atoms with Crippen LogP contribution in [0.1, 0.15) is 24.6 Å². The summed E-state index contributed by atoms with van der Waals surface area (Å²) in [5.74, 6) is -0.0106. The van der Waals surface area contributed by atoms with E-state index in [0.29, 0.717) is 6.42 Å². The van der Waals surface area contributed by atoms with Crippen molar-refractivity contribution < 1.29 is 4.79 Å². The number of aryl methyl sites for hydroxylation is 1. The molecule has 22 heavy (non-hydrogen) atoms. The molecular formula is C17H19N3OS. The lowest BCUT2D eigenvalue weighted by molar-refractivity contribution is -0.130. The number of aromatic nitrogens is 1. The van der Waals surface area contributed by atoms with E-state index < -0.39 is 0 Å². The fraction of sp³-hybridized carbons (Fsp3) is 0.353. The van der Waals surface area contributed by atoms with Gasteiger partial charge in [0.2, 0.25) is 5.91 Å². The van der Waals surface area contributed by atoms with E-state index in [4.69, 9.17) is 5.26 Å². The number of thiazole rings is 1. The van der Waals surface area contributed by atoms with Crippen molar-refractivity contribution in [2.45, 2.75) is 32.7 Å². The van der Waals surface area contributed by atoms with Crippen LogP contribution < -0.4 is 0 Å². The summed E-state index contributed by atoms with van der Waals surface area (Å²) in [7, 11) is 1.73. The molecule has 2 rings (SSSR count). The first-order valence-electron chi connectivity index (χ1n) is 7.15. The topological polar surface area (TPSA) is 57.0 Å². The zero-order valence-electron chi connectivity index (χ0n) is 13.0. The molecule has 1 aromatic heterocycles. The molecule has 4 nitrogen and oxygen atoms in total. The molecule has 0 aliphatic carbocycles. The fourth-order valence-electron chi connectivity index (χ4n) is 2.01. The van der Waals surface area contributed by atoms with Gasteiger partial charge < -0.3 is 4.90 Å². The van der Waals surface area contributed by atoms with Crippen LogP contribution in [0.15, 0.2) is 29.6 Å². The van der Waals surface area contributed by atoms with Gasteiger partial charge in [-0.3, -0.25) is 4.79 Å². The maximum absolute atomic E-state index is 12.2. The van der Waals surface area contributed by atoms with Crippen molar-refractivity contribution >= 4 is 17.2 Å². The molecule has 0 saturated heterocycles. The van der Waals surface area contributed by atoms with Gasteiger partial charge in [-0.05, 0) is 13.8 Å². The first-order valence-corrected chi connectivity index (χ1v) is 8.03. The number of rotatable bonds is 5. The van der Waals surface area contributed by atoms with Crippen molar-refractivity contribution in [1.29, 1.82) is 5.26 Å². The number of nitriles is 1. The summed E-state index contributed by atoms with van der Waals surface area (Å²) in [5, 5.41) is 11.6. The lowest BCUT2D eigenvalue weighted by Crippen LogP contribution is -2.35. The molecule has 114 valence electrons. The Morgan fingerprint density at radius 1 is 1.41 bits per heavy atom. The van der Waals surface area contributed by atoms with Gasteiger partial charge in [0.25, 0.3) is 0 Å². The molecular weight excluding hydrogens is 294 g/mol. The quantitative estimate of drug-likeness (QED) is 0.850. The number of carbonyl (C=O) groups excluding carboxylic acids is 1. The minimum Gasteiger partial charge on any atom is -0.342 e. The Kier molecular flexibility index (Phi) is 5.29. The van der Waals surface area contributed by atoms with Crippen LogP contribution in [0.2, 0.25) is 0 Å². The molecule has 0 radical (unpaired) electrons. The molecule has 1 amide bonds. The highest BCUT2D eigenvalue weighted by atomic mass is 32.1. The van der Waals surface area contributed by atoms with Gasteiger partial charge in [-0.1, -0.05) is 29.8 Å². The lowest BCUT2D eigenvalue weighted by Gasteiger charge is -2.22. The molecule has 2 aromatic rings. The molecule has 1 atom stereocenters. The molecule has 0 spiro atoms. The van der Waals surface area contributed by atoms with E-state index in [1.165, 1.54) is 5.56 Å². The van der Waals surface area contributed by atoms with E-state index in [2.05, 4.69) is 23.2 Å². The Labute approximate surface area is 135 Å². The molecule has 0 unspecified atom stereocenters. The third kappa shape index (κ3) is 3.92. The molecule has 0 bridgehead atoms. The molecule has 1 aromatic carbocycles. The SMILES string of the molecule is Cc1ccc(-c2nc(CC(=O)N(C)[C@H](C)CC#N)cs2)cc1. The summed E-state index contributed by atoms with van der Waals surface area (Å²) in [6.45, 7) is 3.92. The summed E-state index contributed by atoms with van der Waals surface area (Å²) in [6, 6.07) is 10.2. The predicted octanol–water partition coefficient (Wildman–Crippen LogP) is 3.42. The Morgan fingerprint density at radius 3 is 2.73 bits per heavy atom. The second-order valence-corrected chi connectivity index (χ2v) is 6.26. The van der Waals surface area contributed by atoms with Crippen LogP contribution in [0.3, 0.4) is 0 Å². The van der Waals surface area contributed by atoms with Gasteiger partial charge in [0.15, 0.2) is 0 Å². The van der Waals surface area contributed by atoms with Crippen LogP contribution in [0.4, 0.5) is 0 Å². The van der Waals surface area contributed by atoms with Gasteiger partial charge in [0.05, 0.1) is 24.6 Å². The van der Waals surface area contributed by atoms with Crippen molar-refractivity contribution in [2.75, 3.05) is 7.05 Å². The monoisotopic (exact) mass is 313 g/mol. The third-order valence-electron chi connectivity index (χ3n) is 3.62. The average Bonchev–Trinajstić information content (AvgIpc) is 2.95. The smallest absolute Gasteiger partial charge is 0.228 e. The molecule has 0 saturated carbocycles. The van der Waals surface area contributed by atoms with Gasteiger partial charge >= 0.3 is 0 Å². The number of benzene rings is 1. The van der Waals surface area contributed by atoms with Crippen molar-refractivity contribution in [3.63, 3.8) is 0 Å². The van der Waals surface area contributed by atoms with Crippen molar-refractivity contribution in [2.24, 2.45) is 0 Å². The van der Waals surface area contributed by atoms with Crippen molar-refractivity contribution in [3.05, 3.63) is 40.9 Å². The molecule has 5 heteroatoms. The van der Waals surface area contributed by atoms with Crippen LogP contribution in [-0.2, 0) is 11.2 Å². The van der Waals surface area contributed by atoms with Gasteiger partial charge in [-0.25, -0.2) is 4.98 Å². The van der Waals surface area contributed by atoms with Gasteiger partial charge in [0, 0.05) is 24.0 Å². The first kappa shape index (κ1) is 16.2. The number of amides is 1. The number of nitrogens with zero attached hydrogens (tertiary/aromatic N) is 3. The van der Waals surface area contributed by atoms with Crippen LogP contribution in [0.5, 0.6) is 0 Å². The molecule has 0 aliphatic rings. The zero-order valence-corrected chi connectivity index (χ0v) is 13.9. The molecule has 1 heterocycles. The summed E-state index contributed by atoms with van der Waals surface area (Å²) in [5.41, 5.74) is 3.06. The van der Waals surface area contributed by atoms with Gasteiger partial charge in [-0.2, -0.15) is 5.26 Å². The standard InChI is InChI=1S/C17H19N3OS/c1-12-4-6-14(7-5-12)17-19-15(11-22-17)10-16(21)20(3)13(2)8-9-18/h4-7,11,13H,8,10H2,1-3H3/t13-/m1/s1. The summed E-state index contributed by atoms with van der Waals surface area (Å²) >= 11 is 1.55. The van der Waals surface area contributed by atoms with Crippen molar-refractivity contribution in [3.8, 4) is 16.6 Å². The van der Waals surface area contributed by atoms with Gasteiger partial charge in [0.1, 0.15) is 5.01 Å². The highest BCUT2D eigenvalue weighted by molar-refractivity contribution is 7.13. The maximum Gasteiger partial charge on any atom is 0.228 e. The van der Waals surface area contributed by atoms with Crippen LogP contribution in [-0.4, -0.2) is 28.9 Å². The molecule has 0 fully saturated rings. The second-order valence-electron chi connectivity index (χ2n) is 5.40. The summed E-state index contributed by atoms with van der Waals surface area (Å²) in [6.07, 6.45) is 0.614. The minimum atomic E-state index is -0.0762. The van der Waals surface area contributed by atoms with Crippen molar-refractivity contribution in [1.82, 2.24) is 9.88 Å². The van der Waals surface area contributed by atoms with E-state index in [9.17, 15) is 4.79 Å². The van der Waals surface area contributed by atoms with Gasteiger partial charge in [-0.15, -0.1) is 11.3 Å². The lowest BCUT2D eigenvalue weighted by atomic mass is 10.1. The van der Waals surface area contributed by atoms with Crippen LogP contribution in [0, 0.1) is 18.3 Å². The third-order valence-corrected chi connectivity index (χ3v) is 4.56. The fourth-order valence-corrected chi connectivity index (χ4v) is 2.84. The van der Waals surface area contributed by atoms with Crippen LogP contribution in [0.25, 0.3) is 10.6 Å². The summed E-state index contributed by atoms with van der Waals surface area (Å²) in [4.78, 5) is 18.4. The van der Waals surface area contributed by atoms with E-state index in [1.807, 2.05) is 31.4 Å². The number of hydrogen-bond donors (Lipinski definition) is 0. The Morgan fingerprint density at radius 2 is 2.09 bits per heavy atom. The highest BCUT2D eigenvalue weighted by Gasteiger charge is 2.17. The minimum absolute atomic E-state index is 0.0106. The van der Waals surface area contributed by atoms with E-state index in [1.54, 1.807) is 23.3 Å². The maximum atomic E-state index is 12.2. The number of hydrogen-bond acceptors (Lipinski definition) is 4. The number of likely N-dealkylation sites (N-methyl/N-ethyl adjacent to an activating group) is 1. The Bertz CT molecular complexity index is 685. The highest BCUT2D eigenvalue weighted by Crippen LogP contribution is 2.24. The Balaban J connectivity index is 2.04. The normalized spacial score (nSPS) is 11.7. The summed E-state index contributed by atoms with van der Waals surface area (Å²) < 4.78 is 0. The van der Waals surface area contributed by atoms with Crippen LogP contribution >= 0.6 is 11.3 Å².